The van der Waals surface area contributed by atoms with Gasteiger partial charge in [-0.3, -0.25) is 0 Å². The molecule has 2 aromatic carbocycles. The number of aliphatic hydroxyl groups is 1. The molecule has 6 nitrogen and oxygen atoms in total. The lowest BCUT2D eigenvalue weighted by atomic mass is 10.2. The second kappa shape index (κ2) is 7.73. The number of rotatable bonds is 6. The number of ether oxygens (including phenoxy) is 2. The summed E-state index contributed by atoms with van der Waals surface area (Å²) in [4.78, 5) is 8.37. The van der Waals surface area contributed by atoms with Crippen molar-refractivity contribution in [1.29, 1.82) is 0 Å². The van der Waals surface area contributed by atoms with E-state index in [0.29, 0.717) is 26.9 Å². The van der Waals surface area contributed by atoms with Gasteiger partial charge in [0.05, 0.1) is 15.7 Å². The standard InChI is InChI=1S/C17H15BrFN3O3/c1-24-8-15(23)25-10-5-6-13-11(7-10)17(21-9-20-13)22-14-4-2-3-12(18)16(14)19/h2-7,9,15,23H,8H2,1H3,(H,20,21,22). The van der Waals surface area contributed by atoms with Crippen LogP contribution < -0.4 is 10.1 Å². The van der Waals surface area contributed by atoms with E-state index in [1.165, 1.54) is 13.4 Å². The van der Waals surface area contributed by atoms with Gasteiger partial charge >= 0.3 is 0 Å². The highest BCUT2D eigenvalue weighted by atomic mass is 79.9. The van der Waals surface area contributed by atoms with E-state index in [0.717, 1.165) is 0 Å². The van der Waals surface area contributed by atoms with Crippen molar-refractivity contribution >= 4 is 38.3 Å². The molecule has 2 N–H and O–H groups in total. The molecular formula is C17H15BrFN3O3. The molecule has 1 unspecified atom stereocenters. The largest absolute Gasteiger partial charge is 0.463 e. The van der Waals surface area contributed by atoms with Crippen LogP contribution in [0.3, 0.4) is 0 Å². The van der Waals surface area contributed by atoms with Gasteiger partial charge in [0.2, 0.25) is 6.29 Å². The third kappa shape index (κ3) is 4.04. The summed E-state index contributed by atoms with van der Waals surface area (Å²) in [6.07, 6.45) is 0.298. The molecule has 0 saturated carbocycles. The Kier molecular flexibility index (Phi) is 5.42. The fourth-order valence-corrected chi connectivity index (χ4v) is 2.64. The van der Waals surface area contributed by atoms with Gasteiger partial charge in [-0.05, 0) is 46.3 Å². The summed E-state index contributed by atoms with van der Waals surface area (Å²) in [6, 6.07) is 10.0. The van der Waals surface area contributed by atoms with Crippen LogP contribution in [0.25, 0.3) is 10.9 Å². The van der Waals surface area contributed by atoms with Gasteiger partial charge in [0.25, 0.3) is 0 Å². The van der Waals surface area contributed by atoms with Crippen molar-refractivity contribution in [3.8, 4) is 5.75 Å². The van der Waals surface area contributed by atoms with Crippen molar-refractivity contribution in [2.45, 2.75) is 6.29 Å². The average molecular weight is 408 g/mol. The number of hydrogen-bond acceptors (Lipinski definition) is 6. The van der Waals surface area contributed by atoms with Gasteiger partial charge in [-0.2, -0.15) is 0 Å². The highest BCUT2D eigenvalue weighted by Gasteiger charge is 2.11. The lowest BCUT2D eigenvalue weighted by Gasteiger charge is -2.14. The van der Waals surface area contributed by atoms with E-state index in [-0.39, 0.29) is 12.3 Å². The number of anilines is 2. The number of aromatic nitrogens is 2. The Morgan fingerprint density at radius 2 is 2.12 bits per heavy atom. The lowest BCUT2D eigenvalue weighted by Crippen LogP contribution is -2.21. The number of hydrogen-bond donors (Lipinski definition) is 2. The molecule has 0 amide bonds. The smallest absolute Gasteiger partial charge is 0.221 e. The first-order valence-electron chi connectivity index (χ1n) is 7.38. The molecule has 25 heavy (non-hydrogen) atoms. The van der Waals surface area contributed by atoms with Crippen molar-refractivity contribution in [1.82, 2.24) is 9.97 Å². The molecule has 8 heteroatoms. The normalized spacial score (nSPS) is 12.2. The highest BCUT2D eigenvalue weighted by Crippen LogP contribution is 2.29. The van der Waals surface area contributed by atoms with Crippen LogP contribution in [0.2, 0.25) is 0 Å². The molecule has 0 aliphatic carbocycles. The number of benzene rings is 2. The van der Waals surface area contributed by atoms with E-state index >= 15 is 0 Å². The summed E-state index contributed by atoms with van der Waals surface area (Å²) in [7, 11) is 1.47. The quantitative estimate of drug-likeness (QED) is 0.607. The number of nitrogens with zero attached hydrogens (tertiary/aromatic N) is 2. The molecule has 1 heterocycles. The Morgan fingerprint density at radius 3 is 2.92 bits per heavy atom. The van der Waals surface area contributed by atoms with Gasteiger partial charge in [0.15, 0.2) is 5.82 Å². The van der Waals surface area contributed by atoms with E-state index < -0.39 is 12.1 Å². The van der Waals surface area contributed by atoms with Crippen LogP contribution in [0.4, 0.5) is 15.9 Å². The molecule has 0 spiro atoms. The SMILES string of the molecule is COCC(O)Oc1ccc2ncnc(Nc3cccc(Br)c3F)c2c1. The average Bonchev–Trinajstić information content (AvgIpc) is 2.59. The van der Waals surface area contributed by atoms with Crippen molar-refractivity contribution in [2.24, 2.45) is 0 Å². The van der Waals surface area contributed by atoms with E-state index in [4.69, 9.17) is 9.47 Å². The van der Waals surface area contributed by atoms with Crippen LogP contribution in [0.5, 0.6) is 5.75 Å². The van der Waals surface area contributed by atoms with Crippen LogP contribution >= 0.6 is 15.9 Å². The predicted molar refractivity (Wildman–Crippen MR) is 95.4 cm³/mol. The van der Waals surface area contributed by atoms with Gasteiger partial charge < -0.3 is 19.9 Å². The monoisotopic (exact) mass is 407 g/mol. The minimum atomic E-state index is -1.09. The van der Waals surface area contributed by atoms with E-state index in [2.05, 4.69) is 31.2 Å². The van der Waals surface area contributed by atoms with Gasteiger partial charge in [-0.15, -0.1) is 0 Å². The molecule has 1 atom stereocenters. The molecular weight excluding hydrogens is 393 g/mol. The van der Waals surface area contributed by atoms with E-state index in [1.54, 1.807) is 36.4 Å². The molecule has 0 aliphatic rings. The first-order valence-corrected chi connectivity index (χ1v) is 8.17. The number of halogens is 2. The zero-order chi connectivity index (χ0) is 17.8. The second-order valence-corrected chi connectivity index (χ2v) is 6.01. The summed E-state index contributed by atoms with van der Waals surface area (Å²) in [5, 5.41) is 13.3. The fourth-order valence-electron chi connectivity index (χ4n) is 2.27. The number of nitrogens with one attached hydrogen (secondary N) is 1. The maximum absolute atomic E-state index is 14.2. The van der Waals surface area contributed by atoms with Crippen molar-refractivity contribution < 1.29 is 19.0 Å². The summed E-state index contributed by atoms with van der Waals surface area (Å²) in [5.41, 5.74) is 0.932. The maximum Gasteiger partial charge on any atom is 0.221 e. The van der Waals surface area contributed by atoms with Crippen molar-refractivity contribution in [3.63, 3.8) is 0 Å². The van der Waals surface area contributed by atoms with Crippen LogP contribution in [-0.2, 0) is 4.74 Å². The van der Waals surface area contributed by atoms with Gasteiger partial charge in [0.1, 0.15) is 24.5 Å². The van der Waals surface area contributed by atoms with Crippen LogP contribution in [-0.4, -0.2) is 35.1 Å². The maximum atomic E-state index is 14.2. The zero-order valence-corrected chi connectivity index (χ0v) is 14.8. The molecule has 0 bridgehead atoms. The molecule has 130 valence electrons. The van der Waals surface area contributed by atoms with Gasteiger partial charge in [0, 0.05) is 12.5 Å². The van der Waals surface area contributed by atoms with Crippen molar-refractivity contribution in [3.05, 3.63) is 53.0 Å². The summed E-state index contributed by atoms with van der Waals surface area (Å²) >= 11 is 3.16. The lowest BCUT2D eigenvalue weighted by molar-refractivity contribution is -0.0662. The number of fused-ring (bicyclic) bond motifs is 1. The van der Waals surface area contributed by atoms with E-state index in [9.17, 15) is 9.50 Å². The van der Waals surface area contributed by atoms with E-state index in [1.807, 2.05) is 0 Å². The highest BCUT2D eigenvalue weighted by molar-refractivity contribution is 9.10. The Morgan fingerprint density at radius 1 is 1.28 bits per heavy atom. The zero-order valence-electron chi connectivity index (χ0n) is 13.2. The fraction of sp³-hybridized carbons (Fsp3) is 0.176. The molecule has 0 saturated heterocycles. The number of methoxy groups -OCH3 is 1. The number of aliphatic hydroxyl groups excluding tert-OH is 1. The molecule has 3 rings (SSSR count). The Bertz CT molecular complexity index is 894. The van der Waals surface area contributed by atoms with Crippen LogP contribution in [0, 0.1) is 5.82 Å². The van der Waals surface area contributed by atoms with Crippen LogP contribution in [0.15, 0.2) is 47.2 Å². The summed E-state index contributed by atoms with van der Waals surface area (Å²) in [5.74, 6) is 0.426. The van der Waals surface area contributed by atoms with Gasteiger partial charge in [-0.1, -0.05) is 6.07 Å². The topological polar surface area (TPSA) is 76.5 Å². The Balaban J connectivity index is 1.96. The summed E-state index contributed by atoms with van der Waals surface area (Å²) < 4.78 is 24.8. The molecule has 0 radical (unpaired) electrons. The molecule has 0 aliphatic heterocycles. The van der Waals surface area contributed by atoms with Crippen molar-refractivity contribution in [2.75, 3.05) is 19.0 Å². The molecule has 0 fully saturated rings. The Labute approximate surface area is 151 Å². The molecule has 3 aromatic rings. The second-order valence-electron chi connectivity index (χ2n) is 5.16. The molecule has 1 aromatic heterocycles. The minimum absolute atomic E-state index is 0.0394. The first-order chi connectivity index (χ1) is 12.1. The third-order valence-electron chi connectivity index (χ3n) is 3.39. The third-order valence-corrected chi connectivity index (χ3v) is 4.01. The minimum Gasteiger partial charge on any atom is -0.463 e. The Hall–Kier alpha value is -2.29. The summed E-state index contributed by atoms with van der Waals surface area (Å²) in [6.45, 7) is 0.0394. The van der Waals surface area contributed by atoms with Crippen LogP contribution in [0.1, 0.15) is 0 Å². The van der Waals surface area contributed by atoms with Gasteiger partial charge in [-0.25, -0.2) is 14.4 Å². The first kappa shape index (κ1) is 17.5. The predicted octanol–water partition coefficient (Wildman–Crippen LogP) is 3.62.